The molecule has 0 radical (unpaired) electrons. The van der Waals surface area contributed by atoms with Gasteiger partial charge in [0.05, 0.1) is 5.44 Å². The summed E-state index contributed by atoms with van der Waals surface area (Å²) in [5.41, 5.74) is 1.23. The molecule has 0 aromatic carbocycles. The van der Waals surface area contributed by atoms with E-state index in [0.29, 0.717) is 0 Å². The van der Waals surface area contributed by atoms with Crippen LogP contribution in [0.15, 0.2) is 24.4 Å². The quantitative estimate of drug-likeness (QED) is 0.588. The molecule has 0 atom stereocenters. The SMILES string of the molecule is CC.CP(C)c1ccccn1. The van der Waals surface area contributed by atoms with E-state index in [1.54, 1.807) is 0 Å². The van der Waals surface area contributed by atoms with Crippen LogP contribution in [0.2, 0.25) is 0 Å². The third-order valence-electron chi connectivity index (χ3n) is 1.11. The minimum absolute atomic E-state index is 0.00669. The Kier molecular flexibility index (Phi) is 6.06. The van der Waals surface area contributed by atoms with E-state index in [9.17, 15) is 0 Å². The molecule has 0 aliphatic carbocycles. The monoisotopic (exact) mass is 169 g/mol. The molecule has 0 saturated heterocycles. The maximum absolute atomic E-state index is 4.21. The van der Waals surface area contributed by atoms with Gasteiger partial charge in [-0.2, -0.15) is 0 Å². The zero-order valence-corrected chi connectivity index (χ0v) is 8.60. The molecule has 0 saturated carbocycles. The average Bonchev–Trinajstić information content (AvgIpc) is 2.10. The molecule has 1 heterocycles. The van der Waals surface area contributed by atoms with Gasteiger partial charge in [0.2, 0.25) is 0 Å². The van der Waals surface area contributed by atoms with Crippen molar-refractivity contribution in [3.05, 3.63) is 24.4 Å². The van der Waals surface area contributed by atoms with E-state index in [1.165, 1.54) is 5.44 Å². The van der Waals surface area contributed by atoms with Crippen LogP contribution < -0.4 is 5.44 Å². The van der Waals surface area contributed by atoms with E-state index in [-0.39, 0.29) is 7.92 Å². The molecule has 0 aliphatic heterocycles. The minimum atomic E-state index is -0.00669. The summed E-state index contributed by atoms with van der Waals surface area (Å²) in [5.74, 6) is 0. The van der Waals surface area contributed by atoms with Gasteiger partial charge in [-0.25, -0.2) is 0 Å². The average molecular weight is 169 g/mol. The first kappa shape index (κ1) is 10.6. The zero-order chi connectivity index (χ0) is 8.69. The Bertz CT molecular complexity index is 172. The molecule has 1 aromatic heterocycles. The Morgan fingerprint density at radius 2 is 1.82 bits per heavy atom. The van der Waals surface area contributed by atoms with Crippen LogP contribution in [0.5, 0.6) is 0 Å². The van der Waals surface area contributed by atoms with E-state index in [2.05, 4.69) is 24.4 Å². The first-order valence-electron chi connectivity index (χ1n) is 3.89. The highest BCUT2D eigenvalue weighted by Crippen LogP contribution is 2.20. The van der Waals surface area contributed by atoms with Gasteiger partial charge in [0.25, 0.3) is 0 Å². The Labute approximate surface area is 70.6 Å². The summed E-state index contributed by atoms with van der Waals surface area (Å²) >= 11 is 0. The van der Waals surface area contributed by atoms with Crippen molar-refractivity contribution in [2.24, 2.45) is 0 Å². The van der Waals surface area contributed by atoms with Gasteiger partial charge in [-0.3, -0.25) is 4.98 Å². The standard InChI is InChI=1S/C7H10NP.C2H6/c1-9(2)7-5-3-4-6-8-7;1-2/h3-6H,1-2H3;1-2H3. The van der Waals surface area contributed by atoms with Crippen molar-refractivity contribution >= 4 is 13.4 Å². The lowest BCUT2D eigenvalue weighted by atomic mass is 10.5. The lowest BCUT2D eigenvalue weighted by molar-refractivity contribution is 1.39. The number of aromatic nitrogens is 1. The van der Waals surface area contributed by atoms with Crippen LogP contribution in [0.4, 0.5) is 0 Å². The number of rotatable bonds is 1. The first-order chi connectivity index (χ1) is 5.30. The molecule has 1 rings (SSSR count). The van der Waals surface area contributed by atoms with Crippen LogP contribution in [-0.2, 0) is 0 Å². The molecular formula is C9H16NP. The van der Waals surface area contributed by atoms with Gasteiger partial charge < -0.3 is 0 Å². The van der Waals surface area contributed by atoms with Crippen molar-refractivity contribution in [1.29, 1.82) is 0 Å². The summed E-state index contributed by atoms with van der Waals surface area (Å²) in [7, 11) is -0.00669. The highest BCUT2D eigenvalue weighted by Gasteiger charge is 1.94. The number of pyridine rings is 1. The predicted molar refractivity (Wildman–Crippen MR) is 54.0 cm³/mol. The van der Waals surface area contributed by atoms with E-state index >= 15 is 0 Å². The number of hydrogen-bond donors (Lipinski definition) is 0. The first-order valence-corrected chi connectivity index (χ1v) is 6.12. The summed E-state index contributed by atoms with van der Waals surface area (Å²) in [6, 6.07) is 6.05. The molecule has 0 spiro atoms. The van der Waals surface area contributed by atoms with Gasteiger partial charge >= 0.3 is 0 Å². The van der Waals surface area contributed by atoms with Crippen molar-refractivity contribution in [1.82, 2.24) is 4.98 Å². The highest BCUT2D eigenvalue weighted by molar-refractivity contribution is 7.63. The number of hydrogen-bond acceptors (Lipinski definition) is 1. The number of nitrogens with zero attached hydrogens (tertiary/aromatic N) is 1. The highest BCUT2D eigenvalue weighted by atomic mass is 31.1. The van der Waals surface area contributed by atoms with Gasteiger partial charge in [-0.05, 0) is 25.5 Å². The second-order valence-corrected chi connectivity index (χ2v) is 4.33. The molecule has 0 bridgehead atoms. The van der Waals surface area contributed by atoms with Gasteiger partial charge in [0.1, 0.15) is 0 Å². The van der Waals surface area contributed by atoms with Crippen LogP contribution in [0, 0.1) is 0 Å². The fraction of sp³-hybridized carbons (Fsp3) is 0.444. The van der Waals surface area contributed by atoms with Crippen molar-refractivity contribution in [3.8, 4) is 0 Å². The van der Waals surface area contributed by atoms with Crippen LogP contribution in [0.1, 0.15) is 13.8 Å². The second-order valence-electron chi connectivity index (χ2n) is 2.08. The molecule has 0 aliphatic rings. The topological polar surface area (TPSA) is 12.9 Å². The molecule has 0 fully saturated rings. The van der Waals surface area contributed by atoms with Gasteiger partial charge in [0.15, 0.2) is 0 Å². The van der Waals surface area contributed by atoms with Crippen molar-refractivity contribution in [2.75, 3.05) is 13.3 Å². The summed E-state index contributed by atoms with van der Waals surface area (Å²) in [6.45, 7) is 8.41. The molecule has 0 amide bonds. The van der Waals surface area contributed by atoms with Gasteiger partial charge in [-0.15, -0.1) is 0 Å². The maximum Gasteiger partial charge on any atom is 0.0625 e. The Morgan fingerprint density at radius 1 is 1.18 bits per heavy atom. The van der Waals surface area contributed by atoms with E-state index in [4.69, 9.17) is 0 Å². The van der Waals surface area contributed by atoms with E-state index < -0.39 is 0 Å². The fourth-order valence-electron chi connectivity index (χ4n) is 0.618. The predicted octanol–water partition coefficient (Wildman–Crippen LogP) is 2.47. The Hall–Kier alpha value is -0.420. The van der Waals surface area contributed by atoms with Crippen LogP contribution in [0.3, 0.4) is 0 Å². The normalized spacial score (nSPS) is 8.82. The van der Waals surface area contributed by atoms with Crippen molar-refractivity contribution in [3.63, 3.8) is 0 Å². The summed E-state index contributed by atoms with van der Waals surface area (Å²) in [4.78, 5) is 4.21. The van der Waals surface area contributed by atoms with E-state index in [0.717, 1.165) is 0 Å². The second kappa shape index (κ2) is 6.30. The van der Waals surface area contributed by atoms with Crippen LogP contribution in [-0.4, -0.2) is 18.3 Å². The molecule has 1 aromatic rings. The fourth-order valence-corrected chi connectivity index (χ4v) is 1.30. The lowest BCUT2D eigenvalue weighted by Gasteiger charge is -2.01. The maximum atomic E-state index is 4.21. The lowest BCUT2D eigenvalue weighted by Crippen LogP contribution is -2.01. The van der Waals surface area contributed by atoms with Crippen molar-refractivity contribution < 1.29 is 0 Å². The van der Waals surface area contributed by atoms with Crippen molar-refractivity contribution in [2.45, 2.75) is 13.8 Å². The van der Waals surface area contributed by atoms with Crippen LogP contribution in [0.25, 0.3) is 0 Å². The van der Waals surface area contributed by atoms with Gasteiger partial charge in [0, 0.05) is 6.20 Å². The largest absolute Gasteiger partial charge is 0.257 e. The zero-order valence-electron chi connectivity index (χ0n) is 7.70. The van der Waals surface area contributed by atoms with Crippen LogP contribution >= 0.6 is 7.92 Å². The molecule has 11 heavy (non-hydrogen) atoms. The van der Waals surface area contributed by atoms with E-state index in [1.807, 2.05) is 32.2 Å². The molecule has 0 unspecified atom stereocenters. The Morgan fingerprint density at radius 3 is 2.09 bits per heavy atom. The summed E-state index contributed by atoms with van der Waals surface area (Å²) < 4.78 is 0. The molecule has 0 N–H and O–H groups in total. The molecule has 1 nitrogen and oxygen atoms in total. The summed E-state index contributed by atoms with van der Waals surface area (Å²) in [5, 5.41) is 0. The smallest absolute Gasteiger partial charge is 0.0625 e. The minimum Gasteiger partial charge on any atom is -0.257 e. The summed E-state index contributed by atoms with van der Waals surface area (Å²) in [6.07, 6.45) is 1.84. The molecule has 62 valence electrons. The molecular weight excluding hydrogens is 153 g/mol. The Balaban J connectivity index is 0.000000461. The third kappa shape index (κ3) is 4.10. The van der Waals surface area contributed by atoms with Gasteiger partial charge in [-0.1, -0.05) is 27.8 Å². The molecule has 2 heteroatoms. The third-order valence-corrected chi connectivity index (χ3v) is 2.29.